The molecule has 3 heterocycles. The van der Waals surface area contributed by atoms with Gasteiger partial charge in [0.05, 0.1) is 16.8 Å². The molecule has 0 atom stereocenters. The minimum atomic E-state index is -0.281. The number of benzene rings is 1. The van der Waals surface area contributed by atoms with Gasteiger partial charge in [-0.15, -0.1) is 0 Å². The first kappa shape index (κ1) is 25.1. The highest BCUT2D eigenvalue weighted by Crippen LogP contribution is 2.30. The summed E-state index contributed by atoms with van der Waals surface area (Å²) in [5, 5.41) is 5.69. The van der Waals surface area contributed by atoms with E-state index in [0.29, 0.717) is 13.0 Å². The van der Waals surface area contributed by atoms with Crippen LogP contribution in [0.15, 0.2) is 24.3 Å². The average molecular weight is 481 g/mol. The summed E-state index contributed by atoms with van der Waals surface area (Å²) in [6.07, 6.45) is 4.29. The van der Waals surface area contributed by atoms with Crippen molar-refractivity contribution in [2.24, 2.45) is 5.41 Å². The zero-order valence-electron chi connectivity index (χ0n) is 21.6. The van der Waals surface area contributed by atoms with Crippen LogP contribution in [0, 0.1) is 18.2 Å². The van der Waals surface area contributed by atoms with Crippen molar-refractivity contribution in [3.05, 3.63) is 41.6 Å². The van der Waals surface area contributed by atoms with E-state index in [4.69, 9.17) is 15.1 Å². The van der Waals surface area contributed by atoms with E-state index in [-0.39, 0.29) is 17.1 Å². The van der Waals surface area contributed by atoms with Gasteiger partial charge in [0.2, 0.25) is 5.91 Å². The van der Waals surface area contributed by atoms with Gasteiger partial charge in [-0.2, -0.15) is 5.10 Å². The van der Waals surface area contributed by atoms with Crippen molar-refractivity contribution in [1.82, 2.24) is 24.6 Å². The lowest BCUT2D eigenvalue weighted by molar-refractivity contribution is -0.132. The Bertz CT molecular complexity index is 1180. The second-order valence-electron chi connectivity index (χ2n) is 10.7. The fraction of sp³-hybridized carbons (Fsp3) is 0.556. The lowest BCUT2D eigenvalue weighted by Gasteiger charge is -2.26. The lowest BCUT2D eigenvalue weighted by atomic mass is 9.91. The molecule has 1 amide bonds. The molecule has 0 unspecified atom stereocenters. The van der Waals surface area contributed by atoms with E-state index < -0.39 is 0 Å². The number of carbonyl (C=O) groups excluding carboxylic acids is 1. The van der Waals surface area contributed by atoms with Crippen LogP contribution in [0.4, 0.5) is 10.2 Å². The Morgan fingerprint density at radius 3 is 2.49 bits per heavy atom. The first-order valence-corrected chi connectivity index (χ1v) is 12.7. The van der Waals surface area contributed by atoms with E-state index in [1.54, 1.807) is 16.8 Å². The third-order valence-corrected chi connectivity index (χ3v) is 6.38. The number of unbranched alkanes of at least 4 members (excludes halogenated alkanes) is 1. The van der Waals surface area contributed by atoms with Crippen LogP contribution in [0.5, 0.6) is 0 Å². The predicted octanol–water partition coefficient (Wildman–Crippen LogP) is 5.08. The molecule has 0 aliphatic carbocycles. The molecular formula is C27H37FN6O. The van der Waals surface area contributed by atoms with Crippen LogP contribution in [-0.2, 0) is 11.2 Å². The normalized spacial score (nSPS) is 15.0. The molecule has 3 aromatic rings. The largest absolute Gasteiger partial charge is 0.354 e. The molecule has 1 saturated heterocycles. The van der Waals surface area contributed by atoms with Crippen LogP contribution in [0.3, 0.4) is 0 Å². The first-order valence-electron chi connectivity index (χ1n) is 12.7. The number of hydrogen-bond acceptors (Lipinski definition) is 5. The number of carbonyl (C=O) groups is 1. The molecule has 4 rings (SSSR count). The van der Waals surface area contributed by atoms with Crippen LogP contribution >= 0.6 is 0 Å². The number of anilines is 1. The summed E-state index contributed by atoms with van der Waals surface area (Å²) in [6, 6.07) is 6.32. The Hall–Kier alpha value is -3.03. The topological polar surface area (TPSA) is 67.2 Å². The van der Waals surface area contributed by atoms with Gasteiger partial charge >= 0.3 is 0 Å². The highest BCUT2D eigenvalue weighted by atomic mass is 19.1. The Balaban J connectivity index is 1.71. The van der Waals surface area contributed by atoms with Crippen molar-refractivity contribution in [2.75, 3.05) is 31.1 Å². The van der Waals surface area contributed by atoms with Crippen LogP contribution in [-0.4, -0.2) is 56.7 Å². The number of aromatic nitrogens is 4. The molecule has 8 heteroatoms. The number of rotatable bonds is 6. The fourth-order valence-corrected chi connectivity index (χ4v) is 4.59. The summed E-state index contributed by atoms with van der Waals surface area (Å²) in [5.41, 5.74) is 2.33. The maximum atomic E-state index is 13.6. The molecule has 7 nitrogen and oxygen atoms in total. The van der Waals surface area contributed by atoms with Crippen LogP contribution in [0.25, 0.3) is 16.7 Å². The summed E-state index contributed by atoms with van der Waals surface area (Å²) in [7, 11) is 0. The highest BCUT2D eigenvalue weighted by molar-refractivity contribution is 5.91. The second-order valence-corrected chi connectivity index (χ2v) is 10.7. The smallest absolute Gasteiger partial charge is 0.223 e. The van der Waals surface area contributed by atoms with Crippen LogP contribution in [0.1, 0.15) is 64.9 Å². The van der Waals surface area contributed by atoms with E-state index in [0.717, 1.165) is 79.4 Å². The molecule has 0 saturated carbocycles. The summed E-state index contributed by atoms with van der Waals surface area (Å²) >= 11 is 0. The number of halogens is 1. The number of amides is 1. The summed E-state index contributed by atoms with van der Waals surface area (Å²) < 4.78 is 15.4. The zero-order chi connectivity index (χ0) is 25.2. The summed E-state index contributed by atoms with van der Waals surface area (Å²) in [6.45, 7) is 13.4. The maximum absolute atomic E-state index is 13.6. The summed E-state index contributed by atoms with van der Waals surface area (Å²) in [4.78, 5) is 27.1. The number of fused-ring (bicyclic) bond motifs is 1. The van der Waals surface area contributed by atoms with E-state index >= 15 is 0 Å². The Kier molecular flexibility index (Phi) is 7.38. The molecular weight excluding hydrogens is 443 g/mol. The van der Waals surface area contributed by atoms with E-state index in [2.05, 4.69) is 32.6 Å². The second kappa shape index (κ2) is 10.3. The molecule has 1 aliphatic rings. The number of hydrogen-bond donors (Lipinski definition) is 0. The number of nitrogens with zero attached hydrogens (tertiary/aromatic N) is 6. The van der Waals surface area contributed by atoms with Gasteiger partial charge in [-0.3, -0.25) is 4.79 Å². The third-order valence-electron chi connectivity index (χ3n) is 6.38. The lowest BCUT2D eigenvalue weighted by Crippen LogP contribution is -2.37. The molecule has 2 aromatic heterocycles. The van der Waals surface area contributed by atoms with Gasteiger partial charge in [0, 0.05) is 39.0 Å². The molecule has 1 aromatic carbocycles. The average Bonchev–Trinajstić information content (AvgIpc) is 2.97. The number of aryl methyl sites for hydroxylation is 2. The van der Waals surface area contributed by atoms with Gasteiger partial charge in [0.15, 0.2) is 5.65 Å². The SMILES string of the molecule is CCCCc1nc(N2CCCN(C(=O)CC(C)(C)C)CC2)c2c(C)nn(-c3ccc(F)cc3)c2n1. The van der Waals surface area contributed by atoms with Crippen LogP contribution < -0.4 is 4.90 Å². The molecule has 1 aliphatic heterocycles. The quantitative estimate of drug-likeness (QED) is 0.492. The van der Waals surface area contributed by atoms with Crippen molar-refractivity contribution < 1.29 is 9.18 Å². The standard InChI is InChI=1S/C27H37FN6O/c1-6-7-9-22-29-25(33-15-8-14-32(16-17-33)23(35)18-27(3,4)5)24-19(2)31-34(26(24)30-22)21-12-10-20(28)11-13-21/h10-13H,6-9,14-18H2,1-5H3. The van der Waals surface area contributed by atoms with Gasteiger partial charge in [0.1, 0.15) is 17.5 Å². The monoisotopic (exact) mass is 480 g/mol. The van der Waals surface area contributed by atoms with E-state index in [1.165, 1.54) is 12.1 Å². The fourth-order valence-electron chi connectivity index (χ4n) is 4.59. The van der Waals surface area contributed by atoms with Gasteiger partial charge < -0.3 is 9.80 Å². The van der Waals surface area contributed by atoms with E-state index in [1.807, 2.05) is 11.8 Å². The molecule has 188 valence electrons. The van der Waals surface area contributed by atoms with Gasteiger partial charge in [0.25, 0.3) is 0 Å². The molecule has 35 heavy (non-hydrogen) atoms. The molecule has 0 bridgehead atoms. The zero-order valence-corrected chi connectivity index (χ0v) is 21.6. The first-order chi connectivity index (χ1) is 16.7. The van der Waals surface area contributed by atoms with E-state index in [9.17, 15) is 9.18 Å². The summed E-state index contributed by atoms with van der Waals surface area (Å²) in [5.74, 6) is 1.62. The maximum Gasteiger partial charge on any atom is 0.223 e. The predicted molar refractivity (Wildman–Crippen MR) is 137 cm³/mol. The van der Waals surface area contributed by atoms with Crippen molar-refractivity contribution in [2.45, 2.75) is 66.7 Å². The Labute approximate surface area is 207 Å². The van der Waals surface area contributed by atoms with Gasteiger partial charge in [-0.25, -0.2) is 19.0 Å². The van der Waals surface area contributed by atoms with Gasteiger partial charge in [-0.05, 0) is 49.4 Å². The molecule has 1 fully saturated rings. The third kappa shape index (κ3) is 5.80. The van der Waals surface area contributed by atoms with Crippen LogP contribution in [0.2, 0.25) is 0 Å². The molecule has 0 spiro atoms. The Morgan fingerprint density at radius 1 is 1.06 bits per heavy atom. The highest BCUT2D eigenvalue weighted by Gasteiger charge is 2.26. The van der Waals surface area contributed by atoms with Crippen molar-refractivity contribution in [3.8, 4) is 5.69 Å². The Morgan fingerprint density at radius 2 is 1.80 bits per heavy atom. The van der Waals surface area contributed by atoms with Crippen molar-refractivity contribution in [1.29, 1.82) is 0 Å². The minimum absolute atomic E-state index is 0.0257. The minimum Gasteiger partial charge on any atom is -0.354 e. The molecule has 0 N–H and O–H groups in total. The van der Waals surface area contributed by atoms with Crippen molar-refractivity contribution in [3.63, 3.8) is 0 Å². The van der Waals surface area contributed by atoms with Crippen molar-refractivity contribution >= 4 is 22.8 Å². The van der Waals surface area contributed by atoms with Gasteiger partial charge in [-0.1, -0.05) is 34.1 Å². The molecule has 0 radical (unpaired) electrons.